The predicted molar refractivity (Wildman–Crippen MR) is 26.8 cm³/mol. The van der Waals surface area contributed by atoms with Crippen LogP contribution in [0.25, 0.3) is 0 Å². The van der Waals surface area contributed by atoms with E-state index >= 15 is 0 Å². The van der Waals surface area contributed by atoms with Crippen LogP contribution in [-0.4, -0.2) is 18.8 Å². The minimum absolute atomic E-state index is 0.481. The fourth-order valence-electron chi connectivity index (χ4n) is 0.289. The van der Waals surface area contributed by atoms with Gasteiger partial charge < -0.3 is 0 Å². The maximum atomic E-state index is 2.33. The maximum absolute atomic E-state index is 2.33. The van der Waals surface area contributed by atoms with Gasteiger partial charge in [-0.2, -0.15) is 0 Å². The van der Waals surface area contributed by atoms with Crippen LogP contribution >= 0.6 is 0 Å². The Labute approximate surface area is 36.1 Å². The molecule has 1 rings (SSSR count). The molecule has 0 bridgehead atoms. The van der Waals surface area contributed by atoms with Crippen LogP contribution in [0.5, 0.6) is 0 Å². The van der Waals surface area contributed by atoms with Crippen molar-refractivity contribution < 1.29 is 0 Å². The SMILES string of the molecule is [CH3][Ge]1=[CH]C=[CH]1. The summed E-state index contributed by atoms with van der Waals surface area (Å²) in [4.78, 5) is 4.67. The first-order chi connectivity index (χ1) is 2.39. The third-order valence-electron chi connectivity index (χ3n) is 0.718. The van der Waals surface area contributed by atoms with Crippen molar-refractivity contribution >= 4 is 18.8 Å². The van der Waals surface area contributed by atoms with E-state index in [4.69, 9.17) is 0 Å². The molecule has 5 heavy (non-hydrogen) atoms. The van der Waals surface area contributed by atoms with Crippen molar-refractivity contribution in [2.45, 2.75) is 5.76 Å². The summed E-state index contributed by atoms with van der Waals surface area (Å²) in [6, 6.07) is 0. The number of allylic oxidation sites excluding steroid dienone is 1. The first-order valence-electron chi connectivity index (χ1n) is 1.74. The van der Waals surface area contributed by atoms with Crippen molar-refractivity contribution in [3.63, 3.8) is 0 Å². The molecule has 1 heteroatoms. The monoisotopic (exact) mass is 128 g/mol. The van der Waals surface area contributed by atoms with Crippen LogP contribution < -0.4 is 0 Å². The first-order valence-corrected chi connectivity index (χ1v) is 6.26. The standard InChI is InChI=1S/C4H6Ge/c1-5-3-2-4-5/h2-4H,1H3. The van der Waals surface area contributed by atoms with Gasteiger partial charge in [0.05, 0.1) is 0 Å². The van der Waals surface area contributed by atoms with E-state index in [0.717, 1.165) is 0 Å². The van der Waals surface area contributed by atoms with Gasteiger partial charge in [0.1, 0.15) is 0 Å². The molecule has 0 aromatic heterocycles. The molecule has 0 aromatic carbocycles. The fourth-order valence-corrected chi connectivity index (χ4v) is 1.50. The molecule has 0 spiro atoms. The Bertz CT molecular complexity index is 89.8. The molecule has 0 fully saturated rings. The van der Waals surface area contributed by atoms with Crippen LogP contribution in [0.4, 0.5) is 0 Å². The number of rotatable bonds is 0. The summed E-state index contributed by atoms with van der Waals surface area (Å²) in [5.74, 6) is 2.33. The molecule has 0 unspecified atom stereocenters. The Hall–Kier alpha value is 0.153. The molecule has 0 amide bonds. The third-order valence-corrected chi connectivity index (χ3v) is 3.73. The van der Waals surface area contributed by atoms with E-state index in [1.54, 1.807) is 0 Å². The van der Waals surface area contributed by atoms with Crippen LogP contribution in [-0.2, 0) is 0 Å². The van der Waals surface area contributed by atoms with Crippen molar-refractivity contribution in [1.82, 2.24) is 0 Å². The van der Waals surface area contributed by atoms with Gasteiger partial charge in [-0.1, -0.05) is 0 Å². The fraction of sp³-hybridized carbons (Fsp3) is 0.250. The second kappa shape index (κ2) is 1.09. The molecule has 26 valence electrons. The van der Waals surface area contributed by atoms with Crippen LogP contribution in [0.3, 0.4) is 0 Å². The van der Waals surface area contributed by atoms with Gasteiger partial charge >= 0.3 is 35.5 Å². The van der Waals surface area contributed by atoms with Gasteiger partial charge in [0.25, 0.3) is 0 Å². The van der Waals surface area contributed by atoms with Crippen LogP contribution in [0.2, 0.25) is 5.76 Å². The van der Waals surface area contributed by atoms with E-state index in [0.29, 0.717) is 0 Å². The molecule has 0 saturated carbocycles. The van der Waals surface area contributed by atoms with Crippen molar-refractivity contribution in [2.24, 2.45) is 0 Å². The zero-order valence-corrected chi connectivity index (χ0v) is 5.33. The molecule has 0 aromatic rings. The Morgan fingerprint density at radius 1 is 1.60 bits per heavy atom. The zero-order chi connectivity index (χ0) is 3.70. The Morgan fingerprint density at radius 2 is 2.00 bits per heavy atom. The summed E-state index contributed by atoms with van der Waals surface area (Å²) in [5.41, 5.74) is 0. The van der Waals surface area contributed by atoms with E-state index in [9.17, 15) is 0 Å². The van der Waals surface area contributed by atoms with Gasteiger partial charge in [-0.05, 0) is 0 Å². The molecular weight excluding hydrogens is 121 g/mol. The molecular formula is C4H6Ge. The predicted octanol–water partition coefficient (Wildman–Crippen LogP) is 0.604. The summed E-state index contributed by atoms with van der Waals surface area (Å²) in [5, 5.41) is 0. The Balaban J connectivity index is 2.60. The molecule has 0 saturated heterocycles. The van der Waals surface area contributed by atoms with E-state index in [2.05, 4.69) is 21.6 Å². The molecule has 1 aliphatic heterocycles. The average Bonchev–Trinajstić information content (AvgIpc) is 1.30. The van der Waals surface area contributed by atoms with Crippen LogP contribution in [0.1, 0.15) is 0 Å². The Morgan fingerprint density at radius 3 is 2.00 bits per heavy atom. The van der Waals surface area contributed by atoms with Crippen molar-refractivity contribution in [3.05, 3.63) is 11.0 Å². The quantitative estimate of drug-likeness (QED) is 0.418. The molecule has 0 atom stereocenters. The summed E-state index contributed by atoms with van der Waals surface area (Å²) in [6.07, 6.45) is 2.15. The average molecular weight is 127 g/mol. The van der Waals surface area contributed by atoms with Gasteiger partial charge in [-0.15, -0.1) is 0 Å². The van der Waals surface area contributed by atoms with Gasteiger partial charge in [0, 0.05) is 0 Å². The van der Waals surface area contributed by atoms with Crippen LogP contribution in [0.15, 0.2) is 11.0 Å². The number of hydrogen-bond acceptors (Lipinski definition) is 0. The van der Waals surface area contributed by atoms with Gasteiger partial charge in [-0.3, -0.25) is 0 Å². The van der Waals surface area contributed by atoms with E-state index in [-0.39, 0.29) is 0 Å². The summed E-state index contributed by atoms with van der Waals surface area (Å²) in [6.45, 7) is 0. The molecule has 0 N–H and O–H groups in total. The molecule has 0 radical (unpaired) electrons. The molecule has 0 nitrogen and oxygen atoms in total. The van der Waals surface area contributed by atoms with Gasteiger partial charge in [0.15, 0.2) is 0 Å². The normalized spacial score (nSPS) is 17.4. The Kier molecular flexibility index (Phi) is 0.730. The van der Waals surface area contributed by atoms with Gasteiger partial charge in [-0.25, -0.2) is 0 Å². The topological polar surface area (TPSA) is 0 Å². The second-order valence-corrected chi connectivity index (χ2v) is 5.79. The van der Waals surface area contributed by atoms with Crippen molar-refractivity contribution in [3.8, 4) is 0 Å². The van der Waals surface area contributed by atoms with E-state index in [1.165, 1.54) is 0 Å². The second-order valence-electron chi connectivity index (χ2n) is 1.27. The minimum atomic E-state index is -0.481. The van der Waals surface area contributed by atoms with E-state index < -0.39 is 13.9 Å². The van der Waals surface area contributed by atoms with E-state index in [1.807, 2.05) is 0 Å². The zero-order valence-electron chi connectivity index (χ0n) is 3.23. The number of hydrogen-bond donors (Lipinski definition) is 0. The molecule has 1 aliphatic rings. The third kappa shape index (κ3) is 0.508. The molecule has 1 heterocycles. The molecule has 0 aliphatic carbocycles. The summed E-state index contributed by atoms with van der Waals surface area (Å²) < 4.78 is 0. The first kappa shape index (κ1) is 3.35. The van der Waals surface area contributed by atoms with Crippen molar-refractivity contribution in [2.75, 3.05) is 0 Å². The summed E-state index contributed by atoms with van der Waals surface area (Å²) >= 11 is -0.481. The van der Waals surface area contributed by atoms with Crippen molar-refractivity contribution in [1.29, 1.82) is 0 Å². The van der Waals surface area contributed by atoms with Gasteiger partial charge in [0.2, 0.25) is 0 Å². The summed E-state index contributed by atoms with van der Waals surface area (Å²) in [7, 11) is 0. The van der Waals surface area contributed by atoms with Crippen LogP contribution in [0, 0.1) is 0 Å².